The zero-order valence-electron chi connectivity index (χ0n) is 11.3. The van der Waals surface area contributed by atoms with E-state index in [1.807, 2.05) is 6.07 Å². The number of methoxy groups -OCH3 is 1. The molecule has 0 heterocycles. The highest BCUT2D eigenvalue weighted by atomic mass is 35.5. The van der Waals surface area contributed by atoms with Crippen LogP contribution in [0, 0.1) is 0 Å². The first-order valence-electron chi connectivity index (χ1n) is 5.91. The maximum Gasteiger partial charge on any atom is 0.343 e. The molecule has 0 aliphatic carbocycles. The summed E-state index contributed by atoms with van der Waals surface area (Å²) in [5.74, 6) is 0.0148. The summed E-state index contributed by atoms with van der Waals surface area (Å²) in [4.78, 5) is 22.2. The van der Waals surface area contributed by atoms with Gasteiger partial charge in [0.2, 0.25) is 5.91 Å². The molecule has 0 aromatic heterocycles. The zero-order valence-corrected chi connectivity index (χ0v) is 12.1. The molecule has 0 atom stereocenters. The first-order valence-corrected chi connectivity index (χ1v) is 5.91. The van der Waals surface area contributed by atoms with E-state index < -0.39 is 5.97 Å². The molecule has 7 heteroatoms. The molecule has 0 fully saturated rings. The Kier molecular flexibility index (Phi) is 9.15. The number of carbonyl (C=O) groups is 2. The maximum absolute atomic E-state index is 11.3. The van der Waals surface area contributed by atoms with Gasteiger partial charge in [-0.05, 0) is 17.7 Å². The van der Waals surface area contributed by atoms with Crippen LogP contribution in [0.4, 0.5) is 0 Å². The van der Waals surface area contributed by atoms with Crippen LogP contribution in [0.5, 0.6) is 5.75 Å². The second kappa shape index (κ2) is 10.1. The third-order valence-electron chi connectivity index (χ3n) is 2.34. The van der Waals surface area contributed by atoms with Crippen LogP contribution in [0.25, 0.3) is 0 Å². The Labute approximate surface area is 124 Å². The van der Waals surface area contributed by atoms with E-state index in [0.717, 1.165) is 5.56 Å². The SMILES string of the molecule is COC(=O)COc1cccc(CNC(=O)CCN)c1.Cl. The molecule has 0 aliphatic rings. The molecule has 1 amide bonds. The summed E-state index contributed by atoms with van der Waals surface area (Å²) in [5, 5.41) is 2.74. The van der Waals surface area contributed by atoms with Crippen LogP contribution >= 0.6 is 12.4 Å². The number of nitrogens with one attached hydrogen (secondary N) is 1. The van der Waals surface area contributed by atoms with Gasteiger partial charge >= 0.3 is 5.97 Å². The number of benzene rings is 1. The van der Waals surface area contributed by atoms with E-state index in [1.165, 1.54) is 7.11 Å². The molecular formula is C13H19ClN2O4. The van der Waals surface area contributed by atoms with E-state index >= 15 is 0 Å². The lowest BCUT2D eigenvalue weighted by molar-refractivity contribution is -0.142. The van der Waals surface area contributed by atoms with Gasteiger partial charge in [0, 0.05) is 19.5 Å². The largest absolute Gasteiger partial charge is 0.482 e. The van der Waals surface area contributed by atoms with Crippen LogP contribution in [0.1, 0.15) is 12.0 Å². The van der Waals surface area contributed by atoms with Gasteiger partial charge in [0.05, 0.1) is 7.11 Å². The average Bonchev–Trinajstić information content (AvgIpc) is 2.43. The van der Waals surface area contributed by atoms with Gasteiger partial charge in [0.15, 0.2) is 6.61 Å². The summed E-state index contributed by atoms with van der Waals surface area (Å²) < 4.78 is 9.72. The summed E-state index contributed by atoms with van der Waals surface area (Å²) in [6.45, 7) is 0.585. The molecule has 6 nitrogen and oxygen atoms in total. The Morgan fingerprint density at radius 3 is 2.75 bits per heavy atom. The lowest BCUT2D eigenvalue weighted by Crippen LogP contribution is -2.25. The molecule has 1 aromatic carbocycles. The number of ether oxygens (including phenoxy) is 2. The van der Waals surface area contributed by atoms with Crippen molar-refractivity contribution in [2.45, 2.75) is 13.0 Å². The predicted octanol–water partition coefficient (Wildman–Crippen LogP) is 0.625. The van der Waals surface area contributed by atoms with E-state index in [1.54, 1.807) is 18.2 Å². The highest BCUT2D eigenvalue weighted by molar-refractivity contribution is 5.85. The van der Waals surface area contributed by atoms with Gasteiger partial charge in [-0.1, -0.05) is 12.1 Å². The van der Waals surface area contributed by atoms with Crippen molar-refractivity contribution in [3.8, 4) is 5.75 Å². The summed E-state index contributed by atoms with van der Waals surface area (Å²) in [6, 6.07) is 7.13. The molecule has 0 aliphatic heterocycles. The molecule has 0 saturated heterocycles. The van der Waals surface area contributed by atoms with Gasteiger partial charge in [-0.25, -0.2) is 4.79 Å². The molecule has 0 spiro atoms. The number of rotatable bonds is 7. The molecule has 0 unspecified atom stereocenters. The number of halogens is 1. The molecular weight excluding hydrogens is 284 g/mol. The van der Waals surface area contributed by atoms with Crippen molar-refractivity contribution in [1.29, 1.82) is 0 Å². The van der Waals surface area contributed by atoms with Crippen LogP contribution in [0.2, 0.25) is 0 Å². The Morgan fingerprint density at radius 1 is 1.35 bits per heavy atom. The van der Waals surface area contributed by atoms with Crippen molar-refractivity contribution in [3.63, 3.8) is 0 Å². The lowest BCUT2D eigenvalue weighted by Gasteiger charge is -2.08. The fraction of sp³-hybridized carbons (Fsp3) is 0.385. The highest BCUT2D eigenvalue weighted by Crippen LogP contribution is 2.13. The number of hydrogen-bond acceptors (Lipinski definition) is 5. The molecule has 0 bridgehead atoms. The second-order valence-electron chi connectivity index (χ2n) is 3.83. The van der Waals surface area contributed by atoms with Crippen LogP contribution in [0.3, 0.4) is 0 Å². The molecule has 1 aromatic rings. The third kappa shape index (κ3) is 6.96. The van der Waals surface area contributed by atoms with Gasteiger partial charge < -0.3 is 20.5 Å². The van der Waals surface area contributed by atoms with Crippen LogP contribution < -0.4 is 15.8 Å². The van der Waals surface area contributed by atoms with Crippen molar-refractivity contribution in [2.75, 3.05) is 20.3 Å². The van der Waals surface area contributed by atoms with Gasteiger partial charge in [-0.2, -0.15) is 0 Å². The van der Waals surface area contributed by atoms with E-state index in [0.29, 0.717) is 25.3 Å². The van der Waals surface area contributed by atoms with Crippen molar-refractivity contribution in [1.82, 2.24) is 5.32 Å². The van der Waals surface area contributed by atoms with Crippen molar-refractivity contribution in [2.24, 2.45) is 5.73 Å². The first kappa shape index (κ1) is 18.2. The number of esters is 1. The lowest BCUT2D eigenvalue weighted by atomic mass is 10.2. The predicted molar refractivity (Wildman–Crippen MR) is 76.7 cm³/mol. The van der Waals surface area contributed by atoms with Crippen molar-refractivity contribution < 1.29 is 19.1 Å². The van der Waals surface area contributed by atoms with Gasteiger partial charge in [-0.15, -0.1) is 12.4 Å². The smallest absolute Gasteiger partial charge is 0.343 e. The molecule has 1 rings (SSSR count). The molecule has 112 valence electrons. The normalized spacial score (nSPS) is 9.30. The average molecular weight is 303 g/mol. The Balaban J connectivity index is 0.00000361. The van der Waals surface area contributed by atoms with Gasteiger partial charge in [0.1, 0.15) is 5.75 Å². The maximum atomic E-state index is 11.3. The summed E-state index contributed by atoms with van der Waals surface area (Å²) in [6.07, 6.45) is 0.304. The minimum atomic E-state index is -0.443. The van der Waals surface area contributed by atoms with Gasteiger partial charge in [0.25, 0.3) is 0 Å². The monoisotopic (exact) mass is 302 g/mol. The van der Waals surface area contributed by atoms with Gasteiger partial charge in [-0.3, -0.25) is 4.79 Å². The topological polar surface area (TPSA) is 90.6 Å². The Morgan fingerprint density at radius 2 is 2.10 bits per heavy atom. The zero-order chi connectivity index (χ0) is 14.1. The highest BCUT2D eigenvalue weighted by Gasteiger charge is 2.03. The first-order chi connectivity index (χ1) is 9.15. The summed E-state index contributed by atoms with van der Waals surface area (Å²) in [5.41, 5.74) is 6.16. The minimum absolute atomic E-state index is 0. The number of carbonyl (C=O) groups excluding carboxylic acids is 2. The van der Waals surface area contributed by atoms with Crippen LogP contribution in [0.15, 0.2) is 24.3 Å². The van der Waals surface area contributed by atoms with E-state index in [9.17, 15) is 9.59 Å². The number of nitrogens with two attached hydrogens (primary N) is 1. The standard InChI is InChI=1S/C13H18N2O4.ClH/c1-18-13(17)9-19-11-4-2-3-10(7-11)8-15-12(16)5-6-14;/h2-4,7H,5-6,8-9,14H2,1H3,(H,15,16);1H. The Hall–Kier alpha value is -1.79. The summed E-state index contributed by atoms with van der Waals surface area (Å²) >= 11 is 0. The number of hydrogen-bond donors (Lipinski definition) is 2. The third-order valence-corrected chi connectivity index (χ3v) is 2.34. The fourth-order valence-electron chi connectivity index (χ4n) is 1.37. The fourth-order valence-corrected chi connectivity index (χ4v) is 1.37. The number of amides is 1. The Bertz CT molecular complexity index is 440. The molecule has 0 radical (unpaired) electrons. The summed E-state index contributed by atoms with van der Waals surface area (Å²) in [7, 11) is 1.30. The molecule has 20 heavy (non-hydrogen) atoms. The second-order valence-corrected chi connectivity index (χ2v) is 3.83. The van der Waals surface area contributed by atoms with E-state index in [2.05, 4.69) is 10.1 Å². The molecule has 0 saturated carbocycles. The van der Waals surface area contributed by atoms with Crippen LogP contribution in [-0.4, -0.2) is 32.1 Å². The van der Waals surface area contributed by atoms with Crippen molar-refractivity contribution >= 4 is 24.3 Å². The van der Waals surface area contributed by atoms with E-state index in [-0.39, 0.29) is 24.9 Å². The van der Waals surface area contributed by atoms with E-state index in [4.69, 9.17) is 10.5 Å². The van der Waals surface area contributed by atoms with Crippen molar-refractivity contribution in [3.05, 3.63) is 29.8 Å². The quantitative estimate of drug-likeness (QED) is 0.721. The minimum Gasteiger partial charge on any atom is -0.482 e. The van der Waals surface area contributed by atoms with Crippen LogP contribution in [-0.2, 0) is 20.9 Å². The molecule has 3 N–H and O–H groups in total.